The van der Waals surface area contributed by atoms with E-state index in [0.717, 1.165) is 18.2 Å². The van der Waals surface area contributed by atoms with E-state index in [1.807, 2.05) is 0 Å². The van der Waals surface area contributed by atoms with Crippen LogP contribution in [0.5, 0.6) is 0 Å². The first-order valence-electron chi connectivity index (χ1n) is 5.95. The zero-order valence-electron chi connectivity index (χ0n) is 11.0. The normalized spacial score (nSPS) is 12.4. The Morgan fingerprint density at radius 3 is 2.41 bits per heavy atom. The van der Waals surface area contributed by atoms with Gasteiger partial charge in [0.05, 0.1) is 16.7 Å². The van der Waals surface area contributed by atoms with Crippen LogP contribution < -0.4 is 10.3 Å². The van der Waals surface area contributed by atoms with Gasteiger partial charge < -0.3 is 0 Å². The van der Waals surface area contributed by atoms with Crippen LogP contribution in [0.25, 0.3) is 0 Å². The highest BCUT2D eigenvalue weighted by Gasteiger charge is 2.32. The van der Waals surface area contributed by atoms with Crippen molar-refractivity contribution in [3.8, 4) is 0 Å². The molecule has 0 atom stereocenters. The molecule has 0 aliphatic carbocycles. The topological polar surface area (TPSA) is 64.0 Å². The highest BCUT2D eigenvalue weighted by molar-refractivity contribution is 9.10. The second-order valence-corrected chi connectivity index (χ2v) is 7.26. The average molecular weight is 396 g/mol. The molecule has 118 valence electrons. The van der Waals surface area contributed by atoms with Gasteiger partial charge in [0.15, 0.2) is 5.88 Å². The van der Waals surface area contributed by atoms with Crippen molar-refractivity contribution >= 4 is 31.6 Å². The van der Waals surface area contributed by atoms with E-state index < -0.39 is 27.5 Å². The third kappa shape index (κ3) is 3.58. The first-order chi connectivity index (χ1) is 10.1. The number of hydrogen-bond acceptors (Lipinski definition) is 3. The molecule has 1 aromatic carbocycles. The van der Waals surface area contributed by atoms with E-state index in [2.05, 4.69) is 15.9 Å². The van der Waals surface area contributed by atoms with Crippen LogP contribution in [-0.2, 0) is 21.9 Å². The van der Waals surface area contributed by atoms with E-state index in [4.69, 9.17) is 5.73 Å². The fourth-order valence-electron chi connectivity index (χ4n) is 1.79. The lowest BCUT2D eigenvalue weighted by atomic mass is 10.2. The highest BCUT2D eigenvalue weighted by Crippen LogP contribution is 2.33. The maximum Gasteiger partial charge on any atom is 0.416 e. The number of nitrogen functional groups attached to an aromatic ring is 1. The van der Waals surface area contributed by atoms with E-state index >= 15 is 0 Å². The molecule has 0 aliphatic rings. The second kappa shape index (κ2) is 5.88. The van der Waals surface area contributed by atoms with E-state index in [0.29, 0.717) is 0 Å². The van der Waals surface area contributed by atoms with Crippen LogP contribution in [0.3, 0.4) is 0 Å². The predicted octanol–water partition coefficient (Wildman–Crippen LogP) is 2.77. The van der Waals surface area contributed by atoms with E-state index in [9.17, 15) is 21.6 Å². The van der Waals surface area contributed by atoms with Crippen LogP contribution >= 0.6 is 15.9 Å². The van der Waals surface area contributed by atoms with Gasteiger partial charge in [-0.3, -0.25) is 5.73 Å². The number of anilines is 1. The Morgan fingerprint density at radius 2 is 1.86 bits per heavy atom. The number of pyridine rings is 1. The molecule has 0 saturated heterocycles. The van der Waals surface area contributed by atoms with Gasteiger partial charge in [0.2, 0.25) is 9.84 Å². The van der Waals surface area contributed by atoms with E-state index in [-0.39, 0.29) is 15.2 Å². The fourth-order valence-corrected chi connectivity index (χ4v) is 4.28. The Labute approximate surface area is 133 Å². The van der Waals surface area contributed by atoms with Crippen LogP contribution in [0.4, 0.5) is 19.0 Å². The summed E-state index contributed by atoms with van der Waals surface area (Å²) < 4.78 is 63.7. The third-order valence-corrected chi connectivity index (χ3v) is 5.44. The number of sulfone groups is 1. The molecular weight excluding hydrogens is 385 g/mol. The lowest BCUT2D eigenvalue weighted by molar-refractivity contribution is -0.662. The molecular formula is C13H11BrF3N2O2S+. The van der Waals surface area contributed by atoms with Crippen LogP contribution in [0.15, 0.2) is 52.0 Å². The number of hydrogen-bond donors (Lipinski definition) is 1. The molecule has 22 heavy (non-hydrogen) atoms. The average Bonchev–Trinajstić information content (AvgIpc) is 2.40. The van der Waals surface area contributed by atoms with Crippen LogP contribution in [-0.4, -0.2) is 8.42 Å². The van der Waals surface area contributed by atoms with Crippen LogP contribution in [0.1, 0.15) is 5.56 Å². The molecule has 0 amide bonds. The number of benzene rings is 1. The third-order valence-electron chi connectivity index (χ3n) is 2.88. The Balaban J connectivity index is 2.41. The van der Waals surface area contributed by atoms with Gasteiger partial charge in [-0.1, -0.05) is 6.07 Å². The fraction of sp³-hybridized carbons (Fsp3) is 0.154. The maximum atomic E-state index is 12.6. The summed E-state index contributed by atoms with van der Waals surface area (Å²) in [5.41, 5.74) is 4.74. The van der Waals surface area contributed by atoms with Gasteiger partial charge >= 0.3 is 6.18 Å². The summed E-state index contributed by atoms with van der Waals surface area (Å²) in [6, 6.07) is 7.18. The Bertz CT molecular complexity index is 807. The molecule has 2 N–H and O–H groups in total. The minimum Gasteiger partial charge on any atom is -0.287 e. The van der Waals surface area contributed by atoms with Gasteiger partial charge in [0, 0.05) is 10.5 Å². The Hall–Kier alpha value is -1.61. The molecule has 9 heteroatoms. The minimum atomic E-state index is -4.54. The highest BCUT2D eigenvalue weighted by atomic mass is 79.9. The van der Waals surface area contributed by atoms with Crippen molar-refractivity contribution in [1.29, 1.82) is 0 Å². The molecule has 0 bridgehead atoms. The summed E-state index contributed by atoms with van der Waals surface area (Å²) in [5.74, 6) is -0.238. The van der Waals surface area contributed by atoms with E-state index in [1.165, 1.54) is 16.8 Å². The van der Waals surface area contributed by atoms with Crippen LogP contribution in [0, 0.1) is 0 Å². The molecule has 0 unspecified atom stereocenters. The van der Waals surface area contributed by atoms with Gasteiger partial charge in [-0.25, -0.2) is 13.0 Å². The minimum absolute atomic E-state index is 0.141. The number of nitrogens with zero attached hydrogens (tertiary/aromatic N) is 1. The number of halogens is 4. The van der Waals surface area contributed by atoms with Crippen molar-refractivity contribution < 1.29 is 26.2 Å². The summed E-state index contributed by atoms with van der Waals surface area (Å²) in [6.07, 6.45) is -3.06. The lowest BCUT2D eigenvalue weighted by Crippen LogP contribution is -2.40. The van der Waals surface area contributed by atoms with Crippen LogP contribution in [0.2, 0.25) is 0 Å². The van der Waals surface area contributed by atoms with Crippen molar-refractivity contribution in [2.45, 2.75) is 16.9 Å². The molecule has 0 aliphatic heterocycles. The van der Waals surface area contributed by atoms with Gasteiger partial charge in [-0.2, -0.15) is 13.2 Å². The lowest BCUT2D eigenvalue weighted by Gasteiger charge is -2.10. The molecule has 2 aromatic rings. The Morgan fingerprint density at radius 1 is 1.18 bits per heavy atom. The molecule has 0 fully saturated rings. The SMILES string of the molecule is Nc1cccc[n+]1CS(=O)(=O)c1ccc(C(F)(F)F)cc1Br. The largest absolute Gasteiger partial charge is 0.416 e. The molecule has 1 heterocycles. The molecule has 4 nitrogen and oxygen atoms in total. The standard InChI is InChI=1S/C13H10BrF3N2O2S/c14-10-7-9(13(15,16)17)4-5-11(10)22(20,21)8-19-6-2-1-3-12(19)18/h1-7,18H,8H2/p+1. The van der Waals surface area contributed by atoms with Crippen molar-refractivity contribution in [3.05, 3.63) is 52.6 Å². The summed E-state index contributed by atoms with van der Waals surface area (Å²) in [7, 11) is -3.86. The summed E-state index contributed by atoms with van der Waals surface area (Å²) in [6.45, 7) is 0. The first-order valence-corrected chi connectivity index (χ1v) is 8.39. The van der Waals surface area contributed by atoms with Crippen molar-refractivity contribution in [3.63, 3.8) is 0 Å². The number of nitrogens with two attached hydrogens (primary N) is 1. The van der Waals surface area contributed by atoms with E-state index in [1.54, 1.807) is 12.1 Å². The molecule has 2 rings (SSSR count). The van der Waals surface area contributed by atoms with Gasteiger partial charge in [0.1, 0.15) is 0 Å². The van der Waals surface area contributed by atoms with Crippen molar-refractivity contribution in [1.82, 2.24) is 0 Å². The molecule has 1 aromatic heterocycles. The van der Waals surface area contributed by atoms with Gasteiger partial charge in [0.25, 0.3) is 5.82 Å². The number of rotatable bonds is 3. The monoisotopic (exact) mass is 395 g/mol. The zero-order valence-corrected chi connectivity index (χ0v) is 13.4. The number of aromatic nitrogens is 1. The number of alkyl halides is 3. The van der Waals surface area contributed by atoms with Gasteiger partial charge in [-0.05, 0) is 40.2 Å². The molecule has 0 spiro atoms. The first kappa shape index (κ1) is 16.8. The molecule has 0 radical (unpaired) electrons. The second-order valence-electron chi connectivity index (χ2n) is 4.48. The quantitative estimate of drug-likeness (QED) is 0.812. The summed E-state index contributed by atoms with van der Waals surface area (Å²) in [5, 5.41) is 0. The van der Waals surface area contributed by atoms with Crippen molar-refractivity contribution in [2.75, 3.05) is 5.73 Å². The zero-order chi connectivity index (χ0) is 16.5. The Kier molecular flexibility index (Phi) is 4.48. The predicted molar refractivity (Wildman–Crippen MR) is 77.4 cm³/mol. The smallest absolute Gasteiger partial charge is 0.287 e. The van der Waals surface area contributed by atoms with Gasteiger partial charge in [-0.15, -0.1) is 0 Å². The molecule has 0 saturated carbocycles. The maximum absolute atomic E-state index is 12.6. The summed E-state index contributed by atoms with van der Waals surface area (Å²) >= 11 is 2.89. The van der Waals surface area contributed by atoms with Crippen molar-refractivity contribution in [2.24, 2.45) is 0 Å². The summed E-state index contributed by atoms with van der Waals surface area (Å²) in [4.78, 5) is -0.226.